The number of carboxylic acid groups (broad SMARTS) is 1. The fourth-order valence-electron chi connectivity index (χ4n) is 1.74. The van der Waals surface area contributed by atoms with E-state index >= 15 is 0 Å². The maximum atomic E-state index is 12.4. The molecule has 0 amide bonds. The zero-order valence-corrected chi connectivity index (χ0v) is 9.48. The predicted octanol–water partition coefficient (Wildman–Crippen LogP) is 0.864. The van der Waals surface area contributed by atoms with E-state index in [1.165, 1.54) is 11.0 Å². The number of morpholine rings is 1. The molecule has 5 nitrogen and oxygen atoms in total. The molecule has 0 aromatic carbocycles. The van der Waals surface area contributed by atoms with Gasteiger partial charge in [-0.15, -0.1) is 0 Å². The van der Waals surface area contributed by atoms with Crippen LogP contribution in [0.1, 0.15) is 6.42 Å². The van der Waals surface area contributed by atoms with Gasteiger partial charge in [0.25, 0.3) is 0 Å². The van der Waals surface area contributed by atoms with E-state index in [2.05, 4.69) is 0 Å². The molecule has 1 N–H and O–H groups in total. The minimum atomic E-state index is -4.56. The minimum Gasteiger partial charge on any atom is -0.481 e. The number of carbonyl (C=O) groups is 1. The first kappa shape index (κ1) is 14.7. The van der Waals surface area contributed by atoms with Crippen LogP contribution in [-0.4, -0.2) is 54.5 Å². The van der Waals surface area contributed by atoms with Gasteiger partial charge in [-0.2, -0.15) is 18.4 Å². The summed E-state index contributed by atoms with van der Waals surface area (Å²) < 4.78 is 42.4. The highest BCUT2D eigenvalue weighted by molar-refractivity contribution is 5.67. The van der Waals surface area contributed by atoms with Crippen molar-refractivity contribution in [3.05, 3.63) is 0 Å². The molecule has 0 spiro atoms. The third kappa shape index (κ3) is 4.50. The number of halogens is 3. The van der Waals surface area contributed by atoms with Crippen molar-refractivity contribution in [2.24, 2.45) is 5.92 Å². The fourth-order valence-corrected chi connectivity index (χ4v) is 1.74. The van der Waals surface area contributed by atoms with Gasteiger partial charge in [0.1, 0.15) is 0 Å². The number of ether oxygens (including phenoxy) is 1. The van der Waals surface area contributed by atoms with Gasteiger partial charge in [-0.05, 0) is 0 Å². The summed E-state index contributed by atoms with van der Waals surface area (Å²) in [5.74, 6) is -3.12. The zero-order valence-electron chi connectivity index (χ0n) is 9.48. The molecule has 8 heteroatoms. The van der Waals surface area contributed by atoms with E-state index in [1.807, 2.05) is 0 Å². The average molecular weight is 266 g/mol. The monoisotopic (exact) mass is 266 g/mol. The Labute approximate surface area is 102 Å². The van der Waals surface area contributed by atoms with Crippen molar-refractivity contribution in [1.29, 1.82) is 5.26 Å². The van der Waals surface area contributed by atoms with Crippen molar-refractivity contribution in [3.63, 3.8) is 0 Å². The molecular formula is C10H13F3N2O3. The van der Waals surface area contributed by atoms with Crippen LogP contribution in [0.2, 0.25) is 0 Å². The summed E-state index contributed by atoms with van der Waals surface area (Å²) in [4.78, 5) is 11.9. The number of carboxylic acids is 1. The van der Waals surface area contributed by atoms with Gasteiger partial charge in [-0.1, -0.05) is 0 Å². The molecule has 102 valence electrons. The molecule has 2 atom stereocenters. The van der Waals surface area contributed by atoms with E-state index in [1.54, 1.807) is 0 Å². The van der Waals surface area contributed by atoms with Gasteiger partial charge in [-0.3, -0.25) is 9.69 Å². The summed E-state index contributed by atoms with van der Waals surface area (Å²) >= 11 is 0. The second-order valence-corrected chi connectivity index (χ2v) is 4.07. The van der Waals surface area contributed by atoms with E-state index in [0.29, 0.717) is 0 Å². The van der Waals surface area contributed by atoms with Crippen LogP contribution < -0.4 is 0 Å². The minimum absolute atomic E-state index is 0.0978. The van der Waals surface area contributed by atoms with E-state index in [9.17, 15) is 18.0 Å². The number of hydrogen-bond acceptors (Lipinski definition) is 4. The van der Waals surface area contributed by atoms with E-state index < -0.39 is 30.7 Å². The van der Waals surface area contributed by atoms with Gasteiger partial charge in [0.2, 0.25) is 0 Å². The third-order valence-corrected chi connectivity index (χ3v) is 2.62. The van der Waals surface area contributed by atoms with Gasteiger partial charge < -0.3 is 9.84 Å². The number of rotatable bonds is 4. The Morgan fingerprint density at radius 2 is 2.28 bits per heavy atom. The Kier molecular flexibility index (Phi) is 4.93. The highest BCUT2D eigenvalue weighted by atomic mass is 19.4. The summed E-state index contributed by atoms with van der Waals surface area (Å²) in [6.07, 6.45) is -5.43. The van der Waals surface area contributed by atoms with Gasteiger partial charge in [0, 0.05) is 19.6 Å². The highest BCUT2D eigenvalue weighted by Gasteiger charge is 2.41. The molecule has 0 aromatic heterocycles. The van der Waals surface area contributed by atoms with Gasteiger partial charge in [0.05, 0.1) is 25.2 Å². The van der Waals surface area contributed by atoms with E-state index in [0.717, 1.165) is 0 Å². The molecular weight excluding hydrogens is 253 g/mol. The first-order chi connectivity index (χ1) is 8.32. The van der Waals surface area contributed by atoms with Crippen LogP contribution >= 0.6 is 0 Å². The van der Waals surface area contributed by atoms with E-state index in [4.69, 9.17) is 15.1 Å². The number of nitrogens with zero attached hydrogens (tertiary/aromatic N) is 2. The maximum absolute atomic E-state index is 12.4. The third-order valence-electron chi connectivity index (χ3n) is 2.62. The summed E-state index contributed by atoms with van der Waals surface area (Å²) in [6.45, 7) is 0.0956. The van der Waals surface area contributed by atoms with Crippen LogP contribution in [0.5, 0.6) is 0 Å². The van der Waals surface area contributed by atoms with Crippen LogP contribution in [-0.2, 0) is 9.53 Å². The fraction of sp³-hybridized carbons (Fsp3) is 0.800. The van der Waals surface area contributed by atoms with Crippen LogP contribution in [0.25, 0.3) is 0 Å². The quantitative estimate of drug-likeness (QED) is 0.817. The second-order valence-electron chi connectivity index (χ2n) is 4.07. The molecule has 1 aliphatic rings. The Morgan fingerprint density at radius 1 is 1.61 bits per heavy atom. The number of hydrogen-bond donors (Lipinski definition) is 1. The molecule has 1 rings (SSSR count). The van der Waals surface area contributed by atoms with Gasteiger partial charge >= 0.3 is 12.1 Å². The van der Waals surface area contributed by atoms with Crippen LogP contribution in [0.15, 0.2) is 0 Å². The van der Waals surface area contributed by atoms with Crippen molar-refractivity contribution in [3.8, 4) is 6.07 Å². The number of nitriles is 1. The van der Waals surface area contributed by atoms with Crippen molar-refractivity contribution in [1.82, 2.24) is 4.90 Å². The highest BCUT2D eigenvalue weighted by Crippen LogP contribution is 2.27. The Bertz CT molecular complexity index is 340. The first-order valence-electron chi connectivity index (χ1n) is 5.35. The summed E-state index contributed by atoms with van der Waals surface area (Å²) in [5.41, 5.74) is 0. The van der Waals surface area contributed by atoms with Gasteiger partial charge in [0.15, 0.2) is 5.92 Å². The first-order valence-corrected chi connectivity index (χ1v) is 5.35. The topological polar surface area (TPSA) is 73.6 Å². The molecule has 1 fully saturated rings. The molecule has 18 heavy (non-hydrogen) atoms. The predicted molar refractivity (Wildman–Crippen MR) is 53.6 cm³/mol. The number of alkyl halides is 3. The molecule has 0 aliphatic carbocycles. The van der Waals surface area contributed by atoms with Gasteiger partial charge in [-0.25, -0.2) is 0 Å². The molecule has 1 saturated heterocycles. The smallest absolute Gasteiger partial charge is 0.405 e. The average Bonchev–Trinajstić information content (AvgIpc) is 2.23. The van der Waals surface area contributed by atoms with Crippen molar-refractivity contribution in [2.75, 3.05) is 26.2 Å². The molecule has 2 unspecified atom stereocenters. The molecule has 0 radical (unpaired) electrons. The molecule has 0 aromatic rings. The summed E-state index contributed by atoms with van der Waals surface area (Å²) in [6, 6.07) is 1.22. The van der Waals surface area contributed by atoms with Crippen molar-refractivity contribution in [2.45, 2.75) is 18.7 Å². The second kappa shape index (κ2) is 6.02. The molecule has 0 bridgehead atoms. The SMILES string of the molecule is N#CC(CN1CCOC(CC(=O)O)C1)C(F)(F)F. The maximum Gasteiger partial charge on any atom is 0.405 e. The molecule has 1 aliphatic heterocycles. The summed E-state index contributed by atoms with van der Waals surface area (Å²) in [5, 5.41) is 17.1. The Morgan fingerprint density at radius 3 is 2.78 bits per heavy atom. The van der Waals surface area contributed by atoms with Crippen LogP contribution in [0, 0.1) is 17.2 Å². The van der Waals surface area contributed by atoms with E-state index in [-0.39, 0.29) is 26.1 Å². The Hall–Kier alpha value is -1.33. The lowest BCUT2D eigenvalue weighted by molar-refractivity contribution is -0.168. The largest absolute Gasteiger partial charge is 0.481 e. The Balaban J connectivity index is 2.52. The lowest BCUT2D eigenvalue weighted by Crippen LogP contribution is -2.46. The van der Waals surface area contributed by atoms with Crippen molar-refractivity contribution >= 4 is 5.97 Å². The number of aliphatic carboxylic acids is 1. The lowest BCUT2D eigenvalue weighted by atomic mass is 10.1. The lowest BCUT2D eigenvalue weighted by Gasteiger charge is -2.33. The molecule has 1 heterocycles. The normalized spacial score (nSPS) is 23.3. The zero-order chi connectivity index (χ0) is 13.8. The van der Waals surface area contributed by atoms with Crippen LogP contribution in [0.4, 0.5) is 13.2 Å². The summed E-state index contributed by atoms with van der Waals surface area (Å²) in [7, 11) is 0. The standard InChI is InChI=1S/C10H13F3N2O3/c11-10(12,13)7(4-14)5-15-1-2-18-8(6-15)3-9(16)17/h7-8H,1-3,5-6H2,(H,16,17). The van der Waals surface area contributed by atoms with Crippen LogP contribution in [0.3, 0.4) is 0 Å². The van der Waals surface area contributed by atoms with Crippen molar-refractivity contribution < 1.29 is 27.8 Å². The molecule has 0 saturated carbocycles.